The molecule has 29 heavy (non-hydrogen) atoms. The number of carbonyl (C=O) groups excluding carboxylic acids is 2. The van der Waals surface area contributed by atoms with E-state index in [2.05, 4.69) is 43.1 Å². The van der Waals surface area contributed by atoms with Crippen LogP contribution in [-0.2, 0) is 29.2 Å². The van der Waals surface area contributed by atoms with Gasteiger partial charge in [0.25, 0.3) is 0 Å². The first-order chi connectivity index (χ1) is 14.0. The number of thioether (sulfide) groups is 1. The number of aromatic nitrogens is 3. The fraction of sp³-hybridized carbons (Fsp3) is 0.524. The Morgan fingerprint density at radius 2 is 2.00 bits per heavy atom. The summed E-state index contributed by atoms with van der Waals surface area (Å²) in [5.74, 6) is 1.85. The Bertz CT molecular complexity index is 848. The maximum atomic E-state index is 12.3. The normalized spacial score (nSPS) is 14.1. The Kier molecular flexibility index (Phi) is 7.30. The largest absolute Gasteiger partial charge is 0.486 e. The third-order valence-electron chi connectivity index (χ3n) is 4.74. The van der Waals surface area contributed by atoms with Gasteiger partial charge in [-0.1, -0.05) is 44.7 Å². The van der Waals surface area contributed by atoms with Crippen LogP contribution in [0.4, 0.5) is 0 Å². The number of rotatable bonds is 9. The minimum Gasteiger partial charge on any atom is -0.486 e. The summed E-state index contributed by atoms with van der Waals surface area (Å²) < 4.78 is 7.90. The van der Waals surface area contributed by atoms with Crippen LogP contribution in [0.2, 0.25) is 0 Å². The molecule has 1 aliphatic rings. The average Bonchev–Trinajstić information content (AvgIpc) is 3.30. The Morgan fingerprint density at radius 3 is 2.62 bits per heavy atom. The topological polar surface area (TPSA) is 77.3 Å². The van der Waals surface area contributed by atoms with E-state index in [0.29, 0.717) is 30.6 Å². The van der Waals surface area contributed by atoms with Crippen molar-refractivity contribution in [2.24, 2.45) is 5.92 Å². The molecule has 1 fully saturated rings. The first kappa shape index (κ1) is 21.4. The molecule has 0 saturated carbocycles. The maximum absolute atomic E-state index is 12.3. The van der Waals surface area contributed by atoms with Crippen molar-refractivity contribution in [1.29, 1.82) is 0 Å². The summed E-state index contributed by atoms with van der Waals surface area (Å²) in [4.78, 5) is 25.4. The van der Waals surface area contributed by atoms with Gasteiger partial charge < -0.3 is 9.30 Å². The van der Waals surface area contributed by atoms with E-state index in [1.807, 2.05) is 16.7 Å². The molecule has 1 aromatic carbocycles. The Labute approximate surface area is 175 Å². The Hall–Kier alpha value is -2.35. The smallest absolute Gasteiger partial charge is 0.239 e. The highest BCUT2D eigenvalue weighted by Crippen LogP contribution is 2.22. The number of likely N-dealkylation sites (tertiary alicyclic amines) is 1. The van der Waals surface area contributed by atoms with Crippen LogP contribution in [-0.4, -0.2) is 43.8 Å². The van der Waals surface area contributed by atoms with Gasteiger partial charge in [0.2, 0.25) is 11.8 Å². The number of aryl methyl sites for hydroxylation is 1. The van der Waals surface area contributed by atoms with Crippen LogP contribution >= 0.6 is 11.8 Å². The molecule has 1 aliphatic heterocycles. The third-order valence-corrected chi connectivity index (χ3v) is 5.69. The molecular formula is C21H28N4O3S. The summed E-state index contributed by atoms with van der Waals surface area (Å²) in [7, 11) is 0. The number of carbonyl (C=O) groups is 2. The van der Waals surface area contributed by atoms with Crippen LogP contribution in [0.15, 0.2) is 29.4 Å². The third kappa shape index (κ3) is 5.59. The summed E-state index contributed by atoms with van der Waals surface area (Å²) in [5, 5.41) is 9.23. The van der Waals surface area contributed by atoms with Gasteiger partial charge in [-0.05, 0) is 36.5 Å². The highest BCUT2D eigenvalue weighted by Gasteiger charge is 2.27. The second kappa shape index (κ2) is 9.91. The van der Waals surface area contributed by atoms with Crippen LogP contribution < -0.4 is 4.74 Å². The monoisotopic (exact) mass is 416 g/mol. The zero-order valence-corrected chi connectivity index (χ0v) is 18.1. The first-order valence-corrected chi connectivity index (χ1v) is 11.1. The summed E-state index contributed by atoms with van der Waals surface area (Å²) in [6.07, 6.45) is 2.20. The van der Waals surface area contributed by atoms with Crippen molar-refractivity contribution < 1.29 is 14.3 Å². The summed E-state index contributed by atoms with van der Waals surface area (Å²) >= 11 is 1.32. The van der Waals surface area contributed by atoms with Gasteiger partial charge in [0.15, 0.2) is 11.0 Å². The van der Waals surface area contributed by atoms with Gasteiger partial charge in [-0.25, -0.2) is 0 Å². The fourth-order valence-electron chi connectivity index (χ4n) is 3.17. The lowest BCUT2D eigenvalue weighted by Gasteiger charge is -2.15. The Balaban J connectivity index is 1.65. The summed E-state index contributed by atoms with van der Waals surface area (Å²) in [6, 6.07) is 8.04. The van der Waals surface area contributed by atoms with Gasteiger partial charge in [-0.3, -0.25) is 14.5 Å². The lowest BCUT2D eigenvalue weighted by Crippen LogP contribution is -2.33. The van der Waals surface area contributed by atoms with E-state index >= 15 is 0 Å². The van der Waals surface area contributed by atoms with Crippen molar-refractivity contribution in [1.82, 2.24) is 19.7 Å². The molecule has 0 atom stereocenters. The number of nitrogens with zero attached hydrogens (tertiary/aromatic N) is 4. The highest BCUT2D eigenvalue weighted by molar-refractivity contribution is 7.99. The van der Waals surface area contributed by atoms with E-state index in [0.717, 1.165) is 31.0 Å². The van der Waals surface area contributed by atoms with Crippen molar-refractivity contribution >= 4 is 23.6 Å². The zero-order chi connectivity index (χ0) is 20.8. The van der Waals surface area contributed by atoms with Crippen molar-refractivity contribution in [3.05, 3.63) is 35.7 Å². The predicted molar refractivity (Wildman–Crippen MR) is 112 cm³/mol. The molecule has 0 unspecified atom stereocenters. The fourth-order valence-corrected chi connectivity index (χ4v) is 4.01. The van der Waals surface area contributed by atoms with Gasteiger partial charge in [-0.15, -0.1) is 10.2 Å². The molecule has 2 aromatic rings. The molecule has 0 spiro atoms. The lowest BCUT2D eigenvalue weighted by atomic mass is 10.2. The van der Waals surface area contributed by atoms with Crippen LogP contribution in [0.1, 0.15) is 45.0 Å². The van der Waals surface area contributed by atoms with Crippen LogP contribution in [0.3, 0.4) is 0 Å². The number of hydrogen-bond donors (Lipinski definition) is 0. The number of hydrogen-bond acceptors (Lipinski definition) is 6. The minimum absolute atomic E-state index is 0.0811. The van der Waals surface area contributed by atoms with Crippen molar-refractivity contribution in [3.8, 4) is 5.75 Å². The minimum atomic E-state index is -0.162. The molecule has 2 heterocycles. The van der Waals surface area contributed by atoms with E-state index in [1.165, 1.54) is 22.2 Å². The SMILES string of the molecule is CCc1ccc(OCc2nnc(SCC(=O)N3CCCC3=O)n2CC(C)C)cc1. The molecule has 156 valence electrons. The van der Waals surface area contributed by atoms with Crippen LogP contribution in [0.25, 0.3) is 0 Å². The number of ether oxygens (including phenoxy) is 1. The molecule has 1 saturated heterocycles. The first-order valence-electron chi connectivity index (χ1n) is 10.1. The van der Waals surface area contributed by atoms with Crippen molar-refractivity contribution in [3.63, 3.8) is 0 Å². The van der Waals surface area contributed by atoms with Crippen LogP contribution in [0, 0.1) is 5.92 Å². The zero-order valence-electron chi connectivity index (χ0n) is 17.3. The predicted octanol–water partition coefficient (Wildman–Crippen LogP) is 3.32. The molecule has 7 nitrogen and oxygen atoms in total. The Morgan fingerprint density at radius 1 is 1.24 bits per heavy atom. The van der Waals surface area contributed by atoms with E-state index in [1.54, 1.807) is 0 Å². The molecule has 8 heteroatoms. The molecule has 0 radical (unpaired) electrons. The quantitative estimate of drug-likeness (QED) is 0.584. The van der Waals surface area contributed by atoms with E-state index in [-0.39, 0.29) is 17.6 Å². The standard InChI is InChI=1S/C21H28N4O3S/c1-4-16-7-9-17(10-8-16)28-13-18-22-23-21(25(18)12-15(2)3)29-14-20(27)24-11-5-6-19(24)26/h7-10,15H,4-6,11-14H2,1-3H3. The summed E-state index contributed by atoms with van der Waals surface area (Å²) in [6.45, 7) is 7.93. The maximum Gasteiger partial charge on any atom is 0.239 e. The van der Waals surface area contributed by atoms with Crippen LogP contribution in [0.5, 0.6) is 5.75 Å². The van der Waals surface area contributed by atoms with E-state index in [9.17, 15) is 9.59 Å². The van der Waals surface area contributed by atoms with Crippen molar-refractivity contribution in [2.45, 2.75) is 58.3 Å². The molecule has 0 aliphatic carbocycles. The molecule has 2 amide bonds. The number of benzene rings is 1. The van der Waals surface area contributed by atoms with Gasteiger partial charge in [-0.2, -0.15) is 0 Å². The molecular weight excluding hydrogens is 388 g/mol. The molecule has 0 bridgehead atoms. The van der Waals surface area contributed by atoms with E-state index in [4.69, 9.17) is 4.74 Å². The molecule has 1 aromatic heterocycles. The van der Waals surface area contributed by atoms with Gasteiger partial charge in [0, 0.05) is 19.5 Å². The summed E-state index contributed by atoms with van der Waals surface area (Å²) in [5.41, 5.74) is 1.26. The van der Waals surface area contributed by atoms with Crippen molar-refractivity contribution in [2.75, 3.05) is 12.3 Å². The lowest BCUT2D eigenvalue weighted by molar-refractivity contribution is -0.140. The second-order valence-corrected chi connectivity index (χ2v) is 8.46. The van der Waals surface area contributed by atoms with Gasteiger partial charge >= 0.3 is 0 Å². The van der Waals surface area contributed by atoms with Gasteiger partial charge in [0.1, 0.15) is 12.4 Å². The highest BCUT2D eigenvalue weighted by atomic mass is 32.2. The average molecular weight is 417 g/mol. The molecule has 0 N–H and O–H groups in total. The second-order valence-electron chi connectivity index (χ2n) is 7.52. The number of imide groups is 1. The van der Waals surface area contributed by atoms with Gasteiger partial charge in [0.05, 0.1) is 5.75 Å². The molecule has 3 rings (SSSR count). The van der Waals surface area contributed by atoms with E-state index < -0.39 is 0 Å². The number of amides is 2.